The van der Waals surface area contributed by atoms with Crippen LogP contribution in [0.25, 0.3) is 0 Å². The number of rotatable bonds is 9. The second kappa shape index (κ2) is 10.7. The van der Waals surface area contributed by atoms with Crippen LogP contribution in [-0.4, -0.2) is 31.1 Å². The minimum Gasteiger partial charge on any atom is -0.494 e. The summed E-state index contributed by atoms with van der Waals surface area (Å²) < 4.78 is 5.73. The van der Waals surface area contributed by atoms with Gasteiger partial charge in [0, 0.05) is 24.7 Å². The van der Waals surface area contributed by atoms with E-state index in [-0.39, 0.29) is 0 Å². The minimum atomic E-state index is 0.709. The number of unbranched alkanes of at least 4 members (excludes halogenated alkanes) is 1. The van der Waals surface area contributed by atoms with Gasteiger partial charge in [-0.3, -0.25) is 4.99 Å². The second-order valence-electron chi connectivity index (χ2n) is 5.80. The molecule has 5 nitrogen and oxygen atoms in total. The van der Waals surface area contributed by atoms with Crippen molar-refractivity contribution in [1.82, 2.24) is 15.6 Å². The average Bonchev–Trinajstić information content (AvgIpc) is 3.10. The number of thiazole rings is 1. The molecule has 0 fully saturated rings. The standard InChI is InChI=1S/C19H28N4OS/c1-4-17-13-22-18(25-17)14-23-19(20-3)21-11-5-6-12-24-16-9-7-15(2)8-10-16/h7-10,13H,4-6,11-12,14H2,1-3H3,(H2,20,21,23). The van der Waals surface area contributed by atoms with E-state index in [1.54, 1.807) is 18.4 Å². The van der Waals surface area contributed by atoms with Crippen LogP contribution in [0.15, 0.2) is 35.5 Å². The van der Waals surface area contributed by atoms with E-state index in [2.05, 4.69) is 46.6 Å². The number of ether oxygens (including phenoxy) is 1. The van der Waals surface area contributed by atoms with E-state index in [1.807, 2.05) is 18.3 Å². The fourth-order valence-electron chi connectivity index (χ4n) is 2.23. The highest BCUT2D eigenvalue weighted by Gasteiger charge is 2.02. The van der Waals surface area contributed by atoms with Gasteiger partial charge in [-0.05, 0) is 38.3 Å². The molecule has 0 bridgehead atoms. The Morgan fingerprint density at radius 1 is 1.20 bits per heavy atom. The van der Waals surface area contributed by atoms with E-state index in [1.165, 1.54) is 10.4 Å². The largest absolute Gasteiger partial charge is 0.494 e. The lowest BCUT2D eigenvalue weighted by Gasteiger charge is -2.11. The maximum atomic E-state index is 5.73. The van der Waals surface area contributed by atoms with E-state index in [0.717, 1.165) is 49.1 Å². The molecule has 0 aliphatic carbocycles. The number of benzene rings is 1. The second-order valence-corrected chi connectivity index (χ2v) is 6.99. The van der Waals surface area contributed by atoms with Crippen molar-refractivity contribution in [3.8, 4) is 5.75 Å². The molecule has 0 spiro atoms. The maximum Gasteiger partial charge on any atom is 0.191 e. The smallest absolute Gasteiger partial charge is 0.191 e. The summed E-state index contributed by atoms with van der Waals surface area (Å²) in [7, 11) is 1.79. The molecule has 0 aliphatic rings. The third-order valence-corrected chi connectivity index (χ3v) is 4.88. The predicted molar refractivity (Wildman–Crippen MR) is 106 cm³/mol. The van der Waals surface area contributed by atoms with Crippen molar-refractivity contribution >= 4 is 17.3 Å². The normalized spacial score (nSPS) is 11.4. The third-order valence-electron chi connectivity index (χ3n) is 3.73. The van der Waals surface area contributed by atoms with Gasteiger partial charge in [0.25, 0.3) is 0 Å². The first-order valence-corrected chi connectivity index (χ1v) is 9.60. The molecular weight excluding hydrogens is 332 g/mol. The Morgan fingerprint density at radius 2 is 2.00 bits per heavy atom. The lowest BCUT2D eigenvalue weighted by molar-refractivity contribution is 0.307. The van der Waals surface area contributed by atoms with Crippen molar-refractivity contribution in [3.05, 3.63) is 45.9 Å². The first-order valence-electron chi connectivity index (χ1n) is 8.79. The Labute approximate surface area is 154 Å². The number of hydrogen-bond donors (Lipinski definition) is 2. The number of aryl methyl sites for hydroxylation is 2. The number of nitrogens with zero attached hydrogens (tertiary/aromatic N) is 2. The monoisotopic (exact) mass is 360 g/mol. The molecule has 1 heterocycles. The summed E-state index contributed by atoms with van der Waals surface area (Å²) in [5.74, 6) is 1.75. The van der Waals surface area contributed by atoms with Crippen LogP contribution in [0.4, 0.5) is 0 Å². The van der Waals surface area contributed by atoms with Gasteiger partial charge in [0.1, 0.15) is 10.8 Å². The highest BCUT2D eigenvalue weighted by atomic mass is 32.1. The van der Waals surface area contributed by atoms with Gasteiger partial charge in [-0.25, -0.2) is 4.98 Å². The summed E-state index contributed by atoms with van der Waals surface area (Å²) in [6, 6.07) is 8.17. The van der Waals surface area contributed by atoms with Crippen molar-refractivity contribution < 1.29 is 4.74 Å². The van der Waals surface area contributed by atoms with E-state index in [0.29, 0.717) is 6.54 Å². The summed E-state index contributed by atoms with van der Waals surface area (Å²) in [5.41, 5.74) is 1.25. The maximum absolute atomic E-state index is 5.73. The molecule has 136 valence electrons. The van der Waals surface area contributed by atoms with Gasteiger partial charge in [-0.15, -0.1) is 11.3 Å². The van der Waals surface area contributed by atoms with Gasteiger partial charge in [0.15, 0.2) is 5.96 Å². The molecule has 1 aromatic carbocycles. The minimum absolute atomic E-state index is 0.709. The number of aliphatic imine (C=N–C) groups is 1. The SMILES string of the molecule is CCc1cnc(CNC(=NC)NCCCCOc2ccc(C)cc2)s1. The van der Waals surface area contributed by atoms with Crippen LogP contribution in [0.2, 0.25) is 0 Å². The highest BCUT2D eigenvalue weighted by molar-refractivity contribution is 7.11. The quantitative estimate of drug-likeness (QED) is 0.408. The Hall–Kier alpha value is -2.08. The topological polar surface area (TPSA) is 58.5 Å². The fourth-order valence-corrected chi connectivity index (χ4v) is 3.03. The molecule has 1 aromatic heterocycles. The molecule has 6 heteroatoms. The number of guanidine groups is 1. The van der Waals surface area contributed by atoms with Gasteiger partial charge in [0.2, 0.25) is 0 Å². The zero-order valence-corrected chi connectivity index (χ0v) is 16.2. The first-order chi connectivity index (χ1) is 12.2. The predicted octanol–water partition coefficient (Wildman–Crippen LogP) is 3.54. The van der Waals surface area contributed by atoms with Crippen molar-refractivity contribution in [2.24, 2.45) is 4.99 Å². The van der Waals surface area contributed by atoms with Crippen LogP contribution in [0.3, 0.4) is 0 Å². The Kier molecular flexibility index (Phi) is 8.25. The van der Waals surface area contributed by atoms with Crippen molar-refractivity contribution in [1.29, 1.82) is 0 Å². The number of nitrogens with one attached hydrogen (secondary N) is 2. The molecule has 25 heavy (non-hydrogen) atoms. The number of hydrogen-bond acceptors (Lipinski definition) is 4. The summed E-state index contributed by atoms with van der Waals surface area (Å²) in [5, 5.41) is 7.72. The molecule has 0 radical (unpaired) electrons. The summed E-state index contributed by atoms with van der Waals surface area (Å²) in [6.07, 6.45) is 5.02. The molecular formula is C19H28N4OS. The molecule has 0 saturated heterocycles. The summed E-state index contributed by atoms with van der Waals surface area (Å²) in [6.45, 7) is 6.53. The van der Waals surface area contributed by atoms with Crippen molar-refractivity contribution in [2.75, 3.05) is 20.2 Å². The lowest BCUT2D eigenvalue weighted by atomic mass is 10.2. The van der Waals surface area contributed by atoms with Crippen LogP contribution in [0.1, 0.15) is 35.2 Å². The number of aromatic nitrogens is 1. The molecule has 0 saturated carbocycles. The van der Waals surface area contributed by atoms with E-state index >= 15 is 0 Å². The van der Waals surface area contributed by atoms with E-state index in [9.17, 15) is 0 Å². The molecule has 2 aromatic rings. The zero-order valence-electron chi connectivity index (χ0n) is 15.3. The lowest BCUT2D eigenvalue weighted by Crippen LogP contribution is -2.37. The zero-order chi connectivity index (χ0) is 17.9. The average molecular weight is 361 g/mol. The molecule has 0 aliphatic heterocycles. The molecule has 0 amide bonds. The molecule has 2 N–H and O–H groups in total. The third kappa shape index (κ3) is 7.13. The van der Waals surface area contributed by atoms with E-state index < -0.39 is 0 Å². The summed E-state index contributed by atoms with van der Waals surface area (Å²) >= 11 is 1.75. The first kappa shape index (κ1) is 19.2. The molecule has 0 unspecified atom stereocenters. The van der Waals surface area contributed by atoms with Crippen LogP contribution in [0, 0.1) is 6.92 Å². The Bertz CT molecular complexity index is 652. The van der Waals surface area contributed by atoms with Crippen LogP contribution >= 0.6 is 11.3 Å². The van der Waals surface area contributed by atoms with Gasteiger partial charge in [-0.1, -0.05) is 24.6 Å². The van der Waals surface area contributed by atoms with Gasteiger partial charge >= 0.3 is 0 Å². The van der Waals surface area contributed by atoms with Gasteiger partial charge < -0.3 is 15.4 Å². The molecule has 0 atom stereocenters. The van der Waals surface area contributed by atoms with Crippen molar-refractivity contribution in [3.63, 3.8) is 0 Å². The van der Waals surface area contributed by atoms with E-state index in [4.69, 9.17) is 4.74 Å². The van der Waals surface area contributed by atoms with Gasteiger partial charge in [-0.2, -0.15) is 0 Å². The van der Waals surface area contributed by atoms with Crippen LogP contribution < -0.4 is 15.4 Å². The van der Waals surface area contributed by atoms with Crippen LogP contribution in [0.5, 0.6) is 5.75 Å². The summed E-state index contributed by atoms with van der Waals surface area (Å²) in [4.78, 5) is 9.96. The van der Waals surface area contributed by atoms with Crippen molar-refractivity contribution in [2.45, 2.75) is 39.7 Å². The Balaban J connectivity index is 1.57. The van der Waals surface area contributed by atoms with Gasteiger partial charge in [0.05, 0.1) is 13.2 Å². The Morgan fingerprint density at radius 3 is 2.68 bits per heavy atom. The fraction of sp³-hybridized carbons (Fsp3) is 0.474. The molecule has 2 rings (SSSR count). The van der Waals surface area contributed by atoms with Crippen LogP contribution in [-0.2, 0) is 13.0 Å². The highest BCUT2D eigenvalue weighted by Crippen LogP contribution is 2.13.